The average molecular weight is 269 g/mol. The van der Waals surface area contributed by atoms with E-state index >= 15 is 0 Å². The summed E-state index contributed by atoms with van der Waals surface area (Å²) < 4.78 is 5.59. The van der Waals surface area contributed by atoms with Crippen molar-refractivity contribution < 1.29 is 9.53 Å². The van der Waals surface area contributed by atoms with Crippen LogP contribution in [0.4, 0.5) is 0 Å². The van der Waals surface area contributed by atoms with Crippen LogP contribution in [0, 0.1) is 0 Å². The second-order valence-corrected chi connectivity index (χ2v) is 5.24. The molecule has 1 saturated heterocycles. The van der Waals surface area contributed by atoms with Crippen molar-refractivity contribution in [3.05, 3.63) is 16.1 Å². The van der Waals surface area contributed by atoms with Crippen molar-refractivity contribution >= 4 is 17.2 Å². The normalized spacial score (nSPS) is 20.1. The highest BCUT2D eigenvalue weighted by atomic mass is 32.1. The van der Waals surface area contributed by atoms with E-state index < -0.39 is 0 Å². The summed E-state index contributed by atoms with van der Waals surface area (Å²) in [6.07, 6.45) is 2.19. The van der Waals surface area contributed by atoms with Gasteiger partial charge < -0.3 is 15.4 Å². The predicted molar refractivity (Wildman–Crippen MR) is 70.6 cm³/mol. The number of thiazole rings is 1. The summed E-state index contributed by atoms with van der Waals surface area (Å²) in [5.41, 5.74) is 6.02. The van der Waals surface area contributed by atoms with Crippen molar-refractivity contribution in [2.45, 2.75) is 32.4 Å². The SMILES string of the molecule is CCOC1CCCN(C(=O)c2csc(CN)n2)C1. The molecule has 100 valence electrons. The standard InChI is InChI=1S/C12H19N3O2S/c1-2-17-9-4-3-5-15(7-9)12(16)10-8-18-11(6-13)14-10/h8-9H,2-7,13H2,1H3. The molecule has 2 rings (SSSR count). The molecular formula is C12H19N3O2S. The molecular weight excluding hydrogens is 250 g/mol. The lowest BCUT2D eigenvalue weighted by molar-refractivity contribution is 0.00706. The lowest BCUT2D eigenvalue weighted by atomic mass is 10.1. The highest BCUT2D eigenvalue weighted by Crippen LogP contribution is 2.17. The first-order valence-electron chi connectivity index (χ1n) is 6.30. The van der Waals surface area contributed by atoms with Crippen LogP contribution in [0.25, 0.3) is 0 Å². The predicted octanol–water partition coefficient (Wildman–Crippen LogP) is 1.24. The number of carbonyl (C=O) groups excluding carboxylic acids is 1. The van der Waals surface area contributed by atoms with Gasteiger partial charge in [-0.25, -0.2) is 4.98 Å². The number of amides is 1. The van der Waals surface area contributed by atoms with Gasteiger partial charge in [0.05, 0.1) is 6.10 Å². The first-order chi connectivity index (χ1) is 8.74. The molecule has 0 radical (unpaired) electrons. The topological polar surface area (TPSA) is 68.5 Å². The van der Waals surface area contributed by atoms with E-state index in [1.165, 1.54) is 11.3 Å². The van der Waals surface area contributed by atoms with Gasteiger partial charge in [0.25, 0.3) is 5.91 Å². The number of aromatic nitrogens is 1. The fourth-order valence-electron chi connectivity index (χ4n) is 2.16. The molecule has 0 spiro atoms. The first kappa shape index (κ1) is 13.5. The van der Waals surface area contributed by atoms with Gasteiger partial charge in [-0.15, -0.1) is 11.3 Å². The van der Waals surface area contributed by atoms with Crippen LogP contribution in [0.2, 0.25) is 0 Å². The average Bonchev–Trinajstić information content (AvgIpc) is 2.87. The third-order valence-electron chi connectivity index (χ3n) is 3.01. The van der Waals surface area contributed by atoms with E-state index in [0.29, 0.717) is 25.4 Å². The summed E-state index contributed by atoms with van der Waals surface area (Å²) >= 11 is 1.44. The Balaban J connectivity index is 1.99. The van der Waals surface area contributed by atoms with Crippen molar-refractivity contribution in [2.75, 3.05) is 19.7 Å². The fraction of sp³-hybridized carbons (Fsp3) is 0.667. The summed E-state index contributed by atoms with van der Waals surface area (Å²) in [4.78, 5) is 18.3. The zero-order chi connectivity index (χ0) is 13.0. The highest BCUT2D eigenvalue weighted by Gasteiger charge is 2.25. The van der Waals surface area contributed by atoms with Gasteiger partial charge in [0.15, 0.2) is 0 Å². The third kappa shape index (κ3) is 3.07. The van der Waals surface area contributed by atoms with E-state index in [0.717, 1.165) is 24.4 Å². The zero-order valence-electron chi connectivity index (χ0n) is 10.6. The minimum absolute atomic E-state index is 0.00430. The molecule has 1 atom stereocenters. The molecule has 2 N–H and O–H groups in total. The van der Waals surface area contributed by atoms with Crippen LogP contribution in [0.3, 0.4) is 0 Å². The van der Waals surface area contributed by atoms with Gasteiger partial charge in [-0.3, -0.25) is 4.79 Å². The number of hydrogen-bond donors (Lipinski definition) is 1. The van der Waals surface area contributed by atoms with E-state index in [9.17, 15) is 4.79 Å². The Labute approximate surface area is 111 Å². The van der Waals surface area contributed by atoms with Gasteiger partial charge in [0.2, 0.25) is 0 Å². The second-order valence-electron chi connectivity index (χ2n) is 4.30. The van der Waals surface area contributed by atoms with Crippen LogP contribution in [-0.4, -0.2) is 41.6 Å². The summed E-state index contributed by atoms with van der Waals surface area (Å²) in [5, 5.41) is 2.59. The number of piperidine rings is 1. The minimum atomic E-state index is -0.00430. The Bertz CT molecular complexity index is 406. The largest absolute Gasteiger partial charge is 0.377 e. The molecule has 18 heavy (non-hydrogen) atoms. The van der Waals surface area contributed by atoms with Gasteiger partial charge in [-0.2, -0.15) is 0 Å². The molecule has 6 heteroatoms. The fourth-order valence-corrected chi connectivity index (χ4v) is 2.81. The van der Waals surface area contributed by atoms with Gasteiger partial charge in [0.1, 0.15) is 10.7 Å². The van der Waals surface area contributed by atoms with E-state index in [1.54, 1.807) is 5.38 Å². The lowest BCUT2D eigenvalue weighted by Gasteiger charge is -2.32. The van der Waals surface area contributed by atoms with Crippen LogP contribution >= 0.6 is 11.3 Å². The molecule has 1 unspecified atom stereocenters. The first-order valence-corrected chi connectivity index (χ1v) is 7.18. The van der Waals surface area contributed by atoms with E-state index in [-0.39, 0.29) is 12.0 Å². The molecule has 2 heterocycles. The molecule has 1 aromatic heterocycles. The Kier molecular flexibility index (Phi) is 4.68. The number of nitrogens with two attached hydrogens (primary N) is 1. The summed E-state index contributed by atoms with van der Waals surface area (Å²) in [7, 11) is 0. The lowest BCUT2D eigenvalue weighted by Crippen LogP contribution is -2.43. The monoisotopic (exact) mass is 269 g/mol. The molecule has 0 saturated carbocycles. The second kappa shape index (κ2) is 6.26. The maximum atomic E-state index is 12.3. The molecule has 0 aromatic carbocycles. The summed E-state index contributed by atoms with van der Waals surface area (Å²) in [6, 6.07) is 0. The molecule has 1 aromatic rings. The van der Waals surface area contributed by atoms with E-state index in [1.807, 2.05) is 11.8 Å². The van der Waals surface area contributed by atoms with Gasteiger partial charge >= 0.3 is 0 Å². The molecule has 0 bridgehead atoms. The number of ether oxygens (including phenoxy) is 1. The number of rotatable bonds is 4. The van der Waals surface area contributed by atoms with Crippen molar-refractivity contribution in [2.24, 2.45) is 5.73 Å². The number of nitrogens with zero attached hydrogens (tertiary/aromatic N) is 2. The molecule has 1 aliphatic rings. The quantitative estimate of drug-likeness (QED) is 0.893. The van der Waals surface area contributed by atoms with Crippen molar-refractivity contribution in [1.29, 1.82) is 0 Å². The van der Waals surface area contributed by atoms with Crippen LogP contribution in [-0.2, 0) is 11.3 Å². The molecule has 5 nitrogen and oxygen atoms in total. The van der Waals surface area contributed by atoms with Crippen LogP contribution in [0.1, 0.15) is 35.3 Å². The van der Waals surface area contributed by atoms with E-state index in [2.05, 4.69) is 4.98 Å². The number of hydrogen-bond acceptors (Lipinski definition) is 5. The van der Waals surface area contributed by atoms with Crippen LogP contribution in [0.5, 0.6) is 0 Å². The van der Waals surface area contributed by atoms with Gasteiger partial charge in [-0.1, -0.05) is 0 Å². The van der Waals surface area contributed by atoms with Crippen LogP contribution < -0.4 is 5.73 Å². The summed E-state index contributed by atoms with van der Waals surface area (Å²) in [6.45, 7) is 4.52. The molecule has 1 fully saturated rings. The van der Waals surface area contributed by atoms with Crippen LogP contribution in [0.15, 0.2) is 5.38 Å². The van der Waals surface area contributed by atoms with Crippen molar-refractivity contribution in [3.63, 3.8) is 0 Å². The van der Waals surface area contributed by atoms with Gasteiger partial charge in [-0.05, 0) is 19.8 Å². The third-order valence-corrected chi connectivity index (χ3v) is 3.88. The Hall–Kier alpha value is -0.980. The molecule has 1 amide bonds. The minimum Gasteiger partial charge on any atom is -0.377 e. The maximum Gasteiger partial charge on any atom is 0.273 e. The highest BCUT2D eigenvalue weighted by molar-refractivity contribution is 7.09. The Morgan fingerprint density at radius 1 is 1.72 bits per heavy atom. The number of likely N-dealkylation sites (tertiary alicyclic amines) is 1. The Morgan fingerprint density at radius 3 is 3.22 bits per heavy atom. The molecule has 0 aliphatic carbocycles. The van der Waals surface area contributed by atoms with E-state index in [4.69, 9.17) is 10.5 Å². The summed E-state index contributed by atoms with van der Waals surface area (Å²) in [5.74, 6) is -0.00430. The maximum absolute atomic E-state index is 12.3. The molecule has 1 aliphatic heterocycles. The number of carbonyl (C=O) groups is 1. The van der Waals surface area contributed by atoms with Crippen molar-refractivity contribution in [3.8, 4) is 0 Å². The van der Waals surface area contributed by atoms with Gasteiger partial charge in [0, 0.05) is 31.6 Å². The smallest absolute Gasteiger partial charge is 0.273 e. The van der Waals surface area contributed by atoms with Crippen molar-refractivity contribution in [1.82, 2.24) is 9.88 Å². The Morgan fingerprint density at radius 2 is 2.56 bits per heavy atom. The zero-order valence-corrected chi connectivity index (χ0v) is 11.4.